The Kier molecular flexibility index (Phi) is 2.92. The number of rotatable bonds is 2. The number of aromatic nitrogens is 1. The largest absolute Gasteiger partial charge is 0.449 e. The average Bonchev–Trinajstić information content (AvgIpc) is 2.86. The van der Waals surface area contributed by atoms with Crippen molar-refractivity contribution in [2.45, 2.75) is 13.8 Å². The third-order valence-corrected chi connectivity index (χ3v) is 3.26. The normalized spacial score (nSPS) is 10.6. The van der Waals surface area contributed by atoms with Crippen LogP contribution in [0.3, 0.4) is 0 Å². The van der Waals surface area contributed by atoms with Gasteiger partial charge in [0.15, 0.2) is 5.89 Å². The van der Waals surface area contributed by atoms with Gasteiger partial charge in [0.1, 0.15) is 12.0 Å². The summed E-state index contributed by atoms with van der Waals surface area (Å²) in [4.78, 5) is 4.33. The molecule has 0 spiro atoms. The molecule has 0 aliphatic carbocycles. The fraction of sp³-hybridized carbons (Fsp3) is 0.118. The van der Waals surface area contributed by atoms with Gasteiger partial charge in [-0.25, -0.2) is 4.98 Å². The van der Waals surface area contributed by atoms with Crippen molar-refractivity contribution in [3.8, 4) is 22.4 Å². The van der Waals surface area contributed by atoms with E-state index in [0.29, 0.717) is 5.89 Å². The van der Waals surface area contributed by atoms with Crippen molar-refractivity contribution in [3.05, 3.63) is 66.2 Å². The second-order valence-corrected chi connectivity index (χ2v) is 4.64. The highest BCUT2D eigenvalue weighted by Gasteiger charge is 2.05. The quantitative estimate of drug-likeness (QED) is 0.662. The molecule has 1 heterocycles. The summed E-state index contributed by atoms with van der Waals surface area (Å²) >= 11 is 0. The molecule has 0 aliphatic rings. The Balaban J connectivity index is 1.97. The fourth-order valence-corrected chi connectivity index (χ4v) is 2.21. The monoisotopic (exact) mass is 249 g/mol. The molecule has 0 unspecified atom stereocenters. The van der Waals surface area contributed by atoms with E-state index in [0.717, 1.165) is 11.3 Å². The van der Waals surface area contributed by atoms with E-state index in [1.54, 1.807) is 6.26 Å². The van der Waals surface area contributed by atoms with E-state index in [4.69, 9.17) is 4.42 Å². The highest BCUT2D eigenvalue weighted by Crippen LogP contribution is 2.26. The molecule has 2 nitrogen and oxygen atoms in total. The second kappa shape index (κ2) is 4.73. The molecule has 0 radical (unpaired) electrons. The lowest BCUT2D eigenvalue weighted by Crippen LogP contribution is -1.83. The molecule has 0 amide bonds. The molecule has 0 N–H and O–H groups in total. The maximum atomic E-state index is 5.24. The summed E-state index contributed by atoms with van der Waals surface area (Å²) in [5.74, 6) is 0.693. The van der Waals surface area contributed by atoms with Crippen molar-refractivity contribution in [1.82, 2.24) is 4.98 Å². The Morgan fingerprint density at radius 3 is 2.16 bits per heavy atom. The maximum absolute atomic E-state index is 5.24. The van der Waals surface area contributed by atoms with Crippen molar-refractivity contribution in [2.75, 3.05) is 0 Å². The van der Waals surface area contributed by atoms with Crippen molar-refractivity contribution in [2.24, 2.45) is 0 Å². The number of hydrogen-bond donors (Lipinski definition) is 0. The number of aryl methyl sites for hydroxylation is 2. The van der Waals surface area contributed by atoms with Crippen LogP contribution >= 0.6 is 0 Å². The lowest BCUT2D eigenvalue weighted by Gasteiger charge is -2.06. The molecule has 1 aromatic heterocycles. The topological polar surface area (TPSA) is 26.0 Å². The summed E-state index contributed by atoms with van der Waals surface area (Å²) in [7, 11) is 0. The van der Waals surface area contributed by atoms with E-state index in [1.165, 1.54) is 16.7 Å². The van der Waals surface area contributed by atoms with Crippen LogP contribution < -0.4 is 0 Å². The third kappa shape index (κ3) is 2.29. The van der Waals surface area contributed by atoms with Crippen LogP contribution in [0, 0.1) is 13.8 Å². The Morgan fingerprint density at radius 2 is 1.53 bits per heavy atom. The summed E-state index contributed by atoms with van der Waals surface area (Å²) in [6.07, 6.45) is 1.69. The SMILES string of the molecule is Cc1nc(-c2ccc(-c3ccccc3C)cc2)co1. The Labute approximate surface area is 112 Å². The summed E-state index contributed by atoms with van der Waals surface area (Å²) in [6, 6.07) is 16.8. The summed E-state index contributed by atoms with van der Waals surface area (Å²) < 4.78 is 5.24. The second-order valence-electron chi connectivity index (χ2n) is 4.64. The van der Waals surface area contributed by atoms with Gasteiger partial charge in [-0.1, -0.05) is 48.5 Å². The van der Waals surface area contributed by atoms with Gasteiger partial charge in [0, 0.05) is 12.5 Å². The van der Waals surface area contributed by atoms with Gasteiger partial charge in [-0.05, 0) is 23.6 Å². The molecule has 0 saturated carbocycles. The number of nitrogens with zero attached hydrogens (tertiary/aromatic N) is 1. The van der Waals surface area contributed by atoms with Gasteiger partial charge in [-0.15, -0.1) is 0 Å². The van der Waals surface area contributed by atoms with Crippen LogP contribution in [0.15, 0.2) is 59.2 Å². The van der Waals surface area contributed by atoms with E-state index >= 15 is 0 Å². The molecule has 0 aliphatic heterocycles. The third-order valence-electron chi connectivity index (χ3n) is 3.26. The lowest BCUT2D eigenvalue weighted by atomic mass is 9.99. The molecule has 19 heavy (non-hydrogen) atoms. The molecular weight excluding hydrogens is 234 g/mol. The van der Waals surface area contributed by atoms with Crippen LogP contribution in [0.1, 0.15) is 11.5 Å². The van der Waals surface area contributed by atoms with E-state index in [-0.39, 0.29) is 0 Å². The van der Waals surface area contributed by atoms with Crippen LogP contribution in [0.4, 0.5) is 0 Å². The average molecular weight is 249 g/mol. The van der Waals surface area contributed by atoms with E-state index in [1.807, 2.05) is 6.92 Å². The van der Waals surface area contributed by atoms with Gasteiger partial charge < -0.3 is 4.42 Å². The first-order chi connectivity index (χ1) is 9.24. The zero-order valence-corrected chi connectivity index (χ0v) is 11.1. The first kappa shape index (κ1) is 11.7. The number of hydrogen-bond acceptors (Lipinski definition) is 2. The molecule has 0 atom stereocenters. The molecular formula is C17H15NO. The van der Waals surface area contributed by atoms with Crippen LogP contribution in [0.5, 0.6) is 0 Å². The van der Waals surface area contributed by atoms with Gasteiger partial charge in [0.2, 0.25) is 0 Å². The molecule has 2 heteroatoms. The van der Waals surface area contributed by atoms with Gasteiger partial charge in [-0.3, -0.25) is 0 Å². The van der Waals surface area contributed by atoms with Gasteiger partial charge >= 0.3 is 0 Å². The molecule has 0 saturated heterocycles. The van der Waals surface area contributed by atoms with Crippen molar-refractivity contribution in [3.63, 3.8) is 0 Å². The minimum absolute atomic E-state index is 0.693. The van der Waals surface area contributed by atoms with Crippen LogP contribution in [0.25, 0.3) is 22.4 Å². The fourth-order valence-electron chi connectivity index (χ4n) is 2.21. The van der Waals surface area contributed by atoms with Crippen molar-refractivity contribution in [1.29, 1.82) is 0 Å². The van der Waals surface area contributed by atoms with Crippen LogP contribution in [0.2, 0.25) is 0 Å². The van der Waals surface area contributed by atoms with Crippen LogP contribution in [-0.4, -0.2) is 4.98 Å². The Morgan fingerprint density at radius 1 is 0.842 bits per heavy atom. The smallest absolute Gasteiger partial charge is 0.191 e. The predicted molar refractivity (Wildman–Crippen MR) is 76.8 cm³/mol. The number of benzene rings is 2. The van der Waals surface area contributed by atoms with Crippen molar-refractivity contribution >= 4 is 0 Å². The van der Waals surface area contributed by atoms with E-state index in [2.05, 4.69) is 60.4 Å². The van der Waals surface area contributed by atoms with Gasteiger partial charge in [-0.2, -0.15) is 0 Å². The molecule has 3 rings (SSSR count). The minimum Gasteiger partial charge on any atom is -0.449 e. The zero-order chi connectivity index (χ0) is 13.2. The maximum Gasteiger partial charge on any atom is 0.191 e. The van der Waals surface area contributed by atoms with E-state index in [9.17, 15) is 0 Å². The summed E-state index contributed by atoms with van der Waals surface area (Å²) in [5, 5.41) is 0. The minimum atomic E-state index is 0.693. The molecule has 94 valence electrons. The molecule has 3 aromatic rings. The van der Waals surface area contributed by atoms with Gasteiger partial charge in [0.25, 0.3) is 0 Å². The zero-order valence-electron chi connectivity index (χ0n) is 11.1. The Hall–Kier alpha value is -2.35. The molecule has 0 bridgehead atoms. The molecule has 2 aromatic carbocycles. The van der Waals surface area contributed by atoms with Crippen molar-refractivity contribution < 1.29 is 4.42 Å². The first-order valence-corrected chi connectivity index (χ1v) is 6.32. The highest BCUT2D eigenvalue weighted by molar-refractivity contribution is 5.70. The standard InChI is InChI=1S/C17H15NO/c1-12-5-3-4-6-16(12)14-7-9-15(10-8-14)17-11-19-13(2)18-17/h3-11H,1-2H3. The molecule has 0 fully saturated rings. The Bertz CT molecular complexity index is 695. The number of oxazole rings is 1. The van der Waals surface area contributed by atoms with E-state index < -0.39 is 0 Å². The summed E-state index contributed by atoms with van der Waals surface area (Å²) in [6.45, 7) is 3.98. The predicted octanol–water partition coefficient (Wildman–Crippen LogP) is 4.63. The lowest BCUT2D eigenvalue weighted by molar-refractivity contribution is 0.521. The van der Waals surface area contributed by atoms with Crippen LogP contribution in [-0.2, 0) is 0 Å². The highest BCUT2D eigenvalue weighted by atomic mass is 16.3. The first-order valence-electron chi connectivity index (χ1n) is 6.32. The van der Waals surface area contributed by atoms with Gasteiger partial charge in [0.05, 0.1) is 0 Å². The summed E-state index contributed by atoms with van der Waals surface area (Å²) in [5.41, 5.74) is 5.74.